The molecule has 1 aliphatic heterocycles. The molecule has 0 amide bonds. The fraction of sp³-hybridized carbons (Fsp3) is 0.333. The molecule has 0 saturated carbocycles. The van der Waals surface area contributed by atoms with Crippen LogP contribution >= 0.6 is 0 Å². The van der Waals surface area contributed by atoms with Crippen LogP contribution in [0.25, 0.3) is 0 Å². The highest BCUT2D eigenvalue weighted by Crippen LogP contribution is 2.40. The average Bonchev–Trinajstić information content (AvgIpc) is 3.17. The number of hydrogen-bond donors (Lipinski definition) is 0. The van der Waals surface area contributed by atoms with Gasteiger partial charge in [-0.25, -0.2) is 9.79 Å². The van der Waals surface area contributed by atoms with Crippen molar-refractivity contribution in [1.82, 2.24) is 0 Å². The van der Waals surface area contributed by atoms with Gasteiger partial charge in [-0.3, -0.25) is 0 Å². The van der Waals surface area contributed by atoms with Gasteiger partial charge in [0.15, 0.2) is 23.6 Å². The summed E-state index contributed by atoms with van der Waals surface area (Å²) in [6, 6.07) is 10.4. The zero-order valence-corrected chi connectivity index (χ0v) is 16.5. The zero-order valence-electron chi connectivity index (χ0n) is 16.5. The van der Waals surface area contributed by atoms with E-state index in [2.05, 4.69) is 4.99 Å². The number of nitrogens with zero attached hydrogens (tertiary/aromatic N) is 1. The third kappa shape index (κ3) is 3.60. The number of aliphatic imine (C=N–C) groups is 1. The smallest absolute Gasteiger partial charge is 0.335 e. The van der Waals surface area contributed by atoms with E-state index in [1.165, 1.54) is 28.4 Å². The summed E-state index contributed by atoms with van der Waals surface area (Å²) in [4.78, 5) is 16.8. The van der Waals surface area contributed by atoms with Crippen LogP contribution < -0.4 is 14.2 Å². The average molecular weight is 385 g/mol. The number of benzene rings is 2. The Balaban J connectivity index is 2.04. The molecule has 0 saturated heterocycles. The van der Waals surface area contributed by atoms with Crippen LogP contribution in [-0.2, 0) is 14.3 Å². The van der Waals surface area contributed by atoms with Crippen molar-refractivity contribution in [2.24, 2.45) is 4.99 Å². The molecule has 0 unspecified atom stereocenters. The first-order valence-electron chi connectivity index (χ1n) is 8.71. The summed E-state index contributed by atoms with van der Waals surface area (Å²) in [5.74, 6) is 1.25. The lowest BCUT2D eigenvalue weighted by Crippen LogP contribution is -2.25. The minimum absolute atomic E-state index is 0.307. The maximum absolute atomic E-state index is 12.3. The molecule has 0 aliphatic carbocycles. The van der Waals surface area contributed by atoms with E-state index in [0.29, 0.717) is 28.7 Å². The lowest BCUT2D eigenvalue weighted by molar-refractivity contribution is -0.143. The molecule has 0 bridgehead atoms. The Hall–Kier alpha value is -3.22. The van der Waals surface area contributed by atoms with E-state index < -0.39 is 18.1 Å². The number of ether oxygens (including phenoxy) is 5. The highest BCUT2D eigenvalue weighted by molar-refractivity contribution is 5.99. The molecule has 0 radical (unpaired) electrons. The van der Waals surface area contributed by atoms with Crippen molar-refractivity contribution in [2.45, 2.75) is 19.1 Å². The largest absolute Gasteiger partial charge is 0.493 e. The molecular weight excluding hydrogens is 362 g/mol. The molecule has 2 aromatic rings. The Kier molecular flexibility index (Phi) is 5.73. The molecule has 2 atom stereocenters. The van der Waals surface area contributed by atoms with Crippen LogP contribution in [-0.4, -0.2) is 46.3 Å². The molecule has 7 nitrogen and oxygen atoms in total. The molecule has 28 heavy (non-hydrogen) atoms. The summed E-state index contributed by atoms with van der Waals surface area (Å²) in [6.45, 7) is 1.98. The van der Waals surface area contributed by atoms with Crippen LogP contribution in [0.4, 0.5) is 0 Å². The van der Waals surface area contributed by atoms with Crippen molar-refractivity contribution in [1.29, 1.82) is 0 Å². The van der Waals surface area contributed by atoms with Gasteiger partial charge in [0.2, 0.25) is 11.6 Å². The van der Waals surface area contributed by atoms with Gasteiger partial charge < -0.3 is 23.7 Å². The van der Waals surface area contributed by atoms with Crippen molar-refractivity contribution in [2.75, 3.05) is 28.4 Å². The van der Waals surface area contributed by atoms with Crippen molar-refractivity contribution in [3.8, 4) is 17.2 Å². The van der Waals surface area contributed by atoms with Gasteiger partial charge in [0.25, 0.3) is 0 Å². The third-order valence-corrected chi connectivity index (χ3v) is 4.51. The van der Waals surface area contributed by atoms with Crippen molar-refractivity contribution >= 4 is 11.9 Å². The van der Waals surface area contributed by atoms with Gasteiger partial charge in [-0.2, -0.15) is 0 Å². The Morgan fingerprint density at radius 1 is 1.00 bits per heavy atom. The molecule has 0 fully saturated rings. The van der Waals surface area contributed by atoms with Gasteiger partial charge >= 0.3 is 5.97 Å². The predicted octanol–water partition coefficient (Wildman–Crippen LogP) is 3.08. The fourth-order valence-corrected chi connectivity index (χ4v) is 3.15. The SMILES string of the molecule is COC(=O)[C@H]1N=C(c2cc(OC)c(OC)c(OC)c2)O[C@H]1c1cccc(C)c1. The van der Waals surface area contributed by atoms with Gasteiger partial charge in [0.05, 0.1) is 28.4 Å². The number of hydrogen-bond acceptors (Lipinski definition) is 7. The van der Waals surface area contributed by atoms with Gasteiger partial charge in [0.1, 0.15) is 0 Å². The Labute approximate surface area is 163 Å². The molecule has 1 aliphatic rings. The van der Waals surface area contributed by atoms with Crippen LogP contribution in [0.1, 0.15) is 22.8 Å². The summed E-state index contributed by atoms with van der Waals surface area (Å²) in [6.07, 6.45) is -0.582. The van der Waals surface area contributed by atoms with Crippen LogP contribution in [0.5, 0.6) is 17.2 Å². The third-order valence-electron chi connectivity index (χ3n) is 4.51. The lowest BCUT2D eigenvalue weighted by Gasteiger charge is -2.17. The zero-order chi connectivity index (χ0) is 20.3. The predicted molar refractivity (Wildman–Crippen MR) is 103 cm³/mol. The second-order valence-corrected chi connectivity index (χ2v) is 6.27. The quantitative estimate of drug-likeness (QED) is 0.712. The summed E-state index contributed by atoms with van der Waals surface area (Å²) < 4.78 is 27.2. The van der Waals surface area contributed by atoms with E-state index in [-0.39, 0.29) is 0 Å². The molecule has 3 rings (SSSR count). The molecule has 7 heteroatoms. The Bertz CT molecular complexity index is 883. The van der Waals surface area contributed by atoms with E-state index in [9.17, 15) is 4.79 Å². The number of rotatable bonds is 6. The standard InChI is InChI=1S/C21H23NO6/c1-12-7-6-8-13(9-12)18-17(21(23)27-5)22-20(28-18)14-10-15(24-2)19(26-4)16(11-14)25-3/h6-11,17-18H,1-5H3/t17-,18-/m0/s1. The number of carbonyl (C=O) groups is 1. The van der Waals surface area contributed by atoms with E-state index in [1.807, 2.05) is 31.2 Å². The molecule has 0 N–H and O–H groups in total. The minimum Gasteiger partial charge on any atom is -0.493 e. The topological polar surface area (TPSA) is 75.6 Å². The van der Waals surface area contributed by atoms with Crippen molar-refractivity contribution in [3.63, 3.8) is 0 Å². The molecular formula is C21H23NO6. The second-order valence-electron chi connectivity index (χ2n) is 6.27. The van der Waals surface area contributed by atoms with Crippen LogP contribution in [0, 0.1) is 6.92 Å². The van der Waals surface area contributed by atoms with Gasteiger partial charge in [0, 0.05) is 5.56 Å². The fourth-order valence-electron chi connectivity index (χ4n) is 3.15. The number of aryl methyl sites for hydroxylation is 1. The van der Waals surface area contributed by atoms with Crippen molar-refractivity contribution in [3.05, 3.63) is 53.1 Å². The first kappa shape index (κ1) is 19.5. The van der Waals surface area contributed by atoms with E-state index in [1.54, 1.807) is 12.1 Å². The van der Waals surface area contributed by atoms with E-state index in [4.69, 9.17) is 23.7 Å². The van der Waals surface area contributed by atoms with Gasteiger partial charge in [-0.15, -0.1) is 0 Å². The van der Waals surface area contributed by atoms with E-state index >= 15 is 0 Å². The minimum atomic E-state index is -0.805. The highest BCUT2D eigenvalue weighted by atomic mass is 16.5. The summed E-state index contributed by atoms with van der Waals surface area (Å²) in [5.41, 5.74) is 2.52. The molecule has 0 aromatic heterocycles. The van der Waals surface area contributed by atoms with E-state index in [0.717, 1.165) is 11.1 Å². The number of esters is 1. The number of carbonyl (C=O) groups excluding carboxylic acids is 1. The monoisotopic (exact) mass is 385 g/mol. The molecule has 0 spiro atoms. The van der Waals surface area contributed by atoms with Crippen LogP contribution in [0.3, 0.4) is 0 Å². The first-order valence-corrected chi connectivity index (χ1v) is 8.71. The van der Waals surface area contributed by atoms with Gasteiger partial charge in [-0.05, 0) is 24.6 Å². The maximum Gasteiger partial charge on any atom is 0.335 e. The Morgan fingerprint density at radius 2 is 1.68 bits per heavy atom. The molecule has 148 valence electrons. The lowest BCUT2D eigenvalue weighted by atomic mass is 10.0. The summed E-state index contributed by atoms with van der Waals surface area (Å²) in [7, 11) is 5.93. The maximum atomic E-state index is 12.3. The number of methoxy groups -OCH3 is 4. The first-order chi connectivity index (χ1) is 13.5. The Morgan fingerprint density at radius 3 is 2.21 bits per heavy atom. The highest BCUT2D eigenvalue weighted by Gasteiger charge is 2.39. The molecule has 2 aromatic carbocycles. The van der Waals surface area contributed by atoms with Gasteiger partial charge in [-0.1, -0.05) is 29.8 Å². The second kappa shape index (κ2) is 8.21. The molecule has 1 heterocycles. The van der Waals surface area contributed by atoms with Crippen LogP contribution in [0.2, 0.25) is 0 Å². The normalized spacial score (nSPS) is 18.1. The summed E-state index contributed by atoms with van der Waals surface area (Å²) >= 11 is 0. The summed E-state index contributed by atoms with van der Waals surface area (Å²) in [5, 5.41) is 0. The van der Waals surface area contributed by atoms with Crippen LogP contribution in [0.15, 0.2) is 41.4 Å². The van der Waals surface area contributed by atoms with Crippen molar-refractivity contribution < 1.29 is 28.5 Å².